The molecule has 6 nitrogen and oxygen atoms in total. The number of hydrogen-bond acceptors (Lipinski definition) is 5. The first-order chi connectivity index (χ1) is 10.2. The van der Waals surface area contributed by atoms with E-state index in [2.05, 4.69) is 23.5 Å². The first kappa shape index (κ1) is 15.7. The van der Waals surface area contributed by atoms with E-state index in [-0.39, 0.29) is 6.54 Å². The van der Waals surface area contributed by atoms with Gasteiger partial charge >= 0.3 is 0 Å². The molecule has 1 amide bonds. The predicted molar refractivity (Wildman–Crippen MR) is 85.1 cm³/mol. The molecule has 0 spiro atoms. The number of carbonyl (C=O) groups excluding carboxylic acids is 1. The van der Waals surface area contributed by atoms with Crippen LogP contribution in [-0.4, -0.2) is 39.1 Å². The molecule has 0 atom stereocenters. The van der Waals surface area contributed by atoms with Crippen LogP contribution in [0.25, 0.3) is 5.65 Å². The highest BCUT2D eigenvalue weighted by Gasteiger charge is 2.14. The highest BCUT2D eigenvalue weighted by Crippen LogP contribution is 2.22. The normalized spacial score (nSPS) is 10.8. The Bertz CT molecular complexity index is 627. The Kier molecular flexibility index (Phi) is 5.46. The number of carbonyl (C=O) groups is 1. The van der Waals surface area contributed by atoms with Gasteiger partial charge in [0.2, 0.25) is 0 Å². The number of nitrogens with zero attached hydrogens (tertiary/aromatic N) is 2. The standard InChI is InChI=1S/C14H20N4O2S/c1-3-10-5-4-6-12-16-11(7-8-21-2)14(18(10)12)15-9-13(19)17-20/h4-6,15,20H,3,7-9H2,1-2H3,(H,17,19). The van der Waals surface area contributed by atoms with Crippen molar-refractivity contribution in [2.45, 2.75) is 19.8 Å². The summed E-state index contributed by atoms with van der Waals surface area (Å²) < 4.78 is 2.04. The van der Waals surface area contributed by atoms with Crippen molar-refractivity contribution in [2.75, 3.05) is 23.9 Å². The van der Waals surface area contributed by atoms with Crippen LogP contribution in [-0.2, 0) is 17.6 Å². The third-order valence-electron chi connectivity index (χ3n) is 3.24. The molecule has 2 aromatic rings. The highest BCUT2D eigenvalue weighted by molar-refractivity contribution is 7.98. The molecular formula is C14H20N4O2S. The number of nitrogens with one attached hydrogen (secondary N) is 2. The van der Waals surface area contributed by atoms with Crippen molar-refractivity contribution in [2.24, 2.45) is 0 Å². The number of pyridine rings is 1. The van der Waals surface area contributed by atoms with Crippen LogP contribution >= 0.6 is 11.8 Å². The maximum Gasteiger partial charge on any atom is 0.262 e. The van der Waals surface area contributed by atoms with Crippen LogP contribution in [0.15, 0.2) is 18.2 Å². The monoisotopic (exact) mass is 308 g/mol. The number of hydroxylamine groups is 1. The van der Waals surface area contributed by atoms with Crippen molar-refractivity contribution < 1.29 is 10.0 Å². The lowest BCUT2D eigenvalue weighted by Crippen LogP contribution is -2.27. The molecule has 2 rings (SSSR count). The fourth-order valence-electron chi connectivity index (χ4n) is 2.24. The summed E-state index contributed by atoms with van der Waals surface area (Å²) in [6, 6.07) is 5.99. The molecule has 0 unspecified atom stereocenters. The summed E-state index contributed by atoms with van der Waals surface area (Å²) in [7, 11) is 0. The molecule has 0 saturated carbocycles. The Morgan fingerprint density at radius 2 is 2.29 bits per heavy atom. The zero-order chi connectivity index (χ0) is 15.2. The third kappa shape index (κ3) is 3.48. The summed E-state index contributed by atoms with van der Waals surface area (Å²) in [6.45, 7) is 2.09. The van der Waals surface area contributed by atoms with E-state index in [1.54, 1.807) is 17.2 Å². The molecule has 0 aliphatic carbocycles. The summed E-state index contributed by atoms with van der Waals surface area (Å²) in [6.07, 6.45) is 3.76. The van der Waals surface area contributed by atoms with Crippen molar-refractivity contribution in [1.29, 1.82) is 0 Å². The van der Waals surface area contributed by atoms with Crippen LogP contribution < -0.4 is 10.8 Å². The zero-order valence-electron chi connectivity index (χ0n) is 12.2. The van der Waals surface area contributed by atoms with E-state index >= 15 is 0 Å². The molecule has 7 heteroatoms. The van der Waals surface area contributed by atoms with E-state index in [1.807, 2.05) is 22.6 Å². The highest BCUT2D eigenvalue weighted by atomic mass is 32.2. The van der Waals surface area contributed by atoms with Gasteiger partial charge in [0.25, 0.3) is 5.91 Å². The van der Waals surface area contributed by atoms with Crippen LogP contribution in [0.4, 0.5) is 5.82 Å². The number of fused-ring (bicyclic) bond motifs is 1. The average Bonchev–Trinajstić information content (AvgIpc) is 2.87. The molecular weight excluding hydrogens is 288 g/mol. The van der Waals surface area contributed by atoms with Gasteiger partial charge in [0.05, 0.1) is 12.2 Å². The van der Waals surface area contributed by atoms with Gasteiger partial charge in [-0.3, -0.25) is 14.4 Å². The number of imidazole rings is 1. The van der Waals surface area contributed by atoms with Crippen molar-refractivity contribution in [3.05, 3.63) is 29.6 Å². The minimum absolute atomic E-state index is 0.00854. The van der Waals surface area contributed by atoms with E-state index < -0.39 is 5.91 Å². The Labute approximate surface area is 127 Å². The summed E-state index contributed by atoms with van der Waals surface area (Å²) in [5.41, 5.74) is 4.57. The zero-order valence-corrected chi connectivity index (χ0v) is 13.0. The SMILES string of the molecule is CCc1cccc2nc(CCSC)c(NCC(=O)NO)n12. The molecule has 0 radical (unpaired) electrons. The fraction of sp³-hybridized carbons (Fsp3) is 0.429. The molecule has 0 aliphatic rings. The molecule has 0 aliphatic heterocycles. The van der Waals surface area contributed by atoms with Crippen LogP contribution in [0.2, 0.25) is 0 Å². The van der Waals surface area contributed by atoms with E-state index in [1.165, 1.54) is 0 Å². The maximum absolute atomic E-state index is 11.3. The van der Waals surface area contributed by atoms with Crippen molar-refractivity contribution >= 4 is 29.1 Å². The van der Waals surface area contributed by atoms with Crippen LogP contribution in [0.5, 0.6) is 0 Å². The molecule has 114 valence electrons. The fourth-order valence-corrected chi connectivity index (χ4v) is 2.64. The Balaban J connectivity index is 2.42. The Morgan fingerprint density at radius 1 is 1.48 bits per heavy atom. The van der Waals surface area contributed by atoms with Crippen molar-refractivity contribution in [3.63, 3.8) is 0 Å². The summed E-state index contributed by atoms with van der Waals surface area (Å²) in [4.78, 5) is 15.9. The number of hydrogen-bond donors (Lipinski definition) is 3. The van der Waals surface area contributed by atoms with Crippen molar-refractivity contribution in [3.8, 4) is 0 Å². The van der Waals surface area contributed by atoms with E-state index in [0.29, 0.717) is 0 Å². The quantitative estimate of drug-likeness (QED) is 0.536. The van der Waals surface area contributed by atoms with Crippen LogP contribution in [0.1, 0.15) is 18.3 Å². The summed E-state index contributed by atoms with van der Waals surface area (Å²) in [5.74, 6) is 1.32. The number of anilines is 1. The molecule has 0 saturated heterocycles. The van der Waals surface area contributed by atoms with Gasteiger partial charge < -0.3 is 5.32 Å². The smallest absolute Gasteiger partial charge is 0.262 e. The molecule has 0 fully saturated rings. The lowest BCUT2D eigenvalue weighted by atomic mass is 10.3. The van der Waals surface area contributed by atoms with Gasteiger partial charge in [0, 0.05) is 12.1 Å². The lowest BCUT2D eigenvalue weighted by molar-refractivity contribution is -0.127. The van der Waals surface area contributed by atoms with Crippen molar-refractivity contribution in [1.82, 2.24) is 14.9 Å². The minimum atomic E-state index is -0.477. The predicted octanol–water partition coefficient (Wildman–Crippen LogP) is 1.72. The Morgan fingerprint density at radius 3 is 2.95 bits per heavy atom. The van der Waals surface area contributed by atoms with Gasteiger partial charge in [-0.05, 0) is 30.6 Å². The third-order valence-corrected chi connectivity index (χ3v) is 3.86. The minimum Gasteiger partial charge on any atom is -0.360 e. The number of rotatable bonds is 7. The second-order valence-corrected chi connectivity index (χ2v) is 5.59. The number of amides is 1. The second kappa shape index (κ2) is 7.33. The molecule has 3 N–H and O–H groups in total. The summed E-state index contributed by atoms with van der Waals surface area (Å²) >= 11 is 1.76. The largest absolute Gasteiger partial charge is 0.360 e. The van der Waals surface area contributed by atoms with Gasteiger partial charge in [0.1, 0.15) is 11.5 Å². The molecule has 2 aromatic heterocycles. The number of aromatic nitrogens is 2. The van der Waals surface area contributed by atoms with Gasteiger partial charge in [0.15, 0.2) is 0 Å². The van der Waals surface area contributed by atoms with E-state index in [4.69, 9.17) is 5.21 Å². The molecule has 21 heavy (non-hydrogen) atoms. The maximum atomic E-state index is 11.3. The lowest BCUT2D eigenvalue weighted by Gasteiger charge is -2.10. The van der Waals surface area contributed by atoms with Gasteiger partial charge in [-0.25, -0.2) is 10.5 Å². The van der Waals surface area contributed by atoms with Crippen LogP contribution in [0.3, 0.4) is 0 Å². The number of thioether (sulfide) groups is 1. The second-order valence-electron chi connectivity index (χ2n) is 4.60. The first-order valence-electron chi connectivity index (χ1n) is 6.86. The molecule has 2 heterocycles. The molecule has 0 bridgehead atoms. The van der Waals surface area contributed by atoms with Gasteiger partial charge in [-0.1, -0.05) is 13.0 Å². The Hall–Kier alpha value is -1.73. The molecule has 0 aromatic carbocycles. The van der Waals surface area contributed by atoms with Crippen LogP contribution in [0, 0.1) is 0 Å². The van der Waals surface area contributed by atoms with Gasteiger partial charge in [-0.2, -0.15) is 11.8 Å². The van der Waals surface area contributed by atoms with Gasteiger partial charge in [-0.15, -0.1) is 0 Å². The van der Waals surface area contributed by atoms with E-state index in [9.17, 15) is 4.79 Å². The number of aryl methyl sites for hydroxylation is 2. The topological polar surface area (TPSA) is 78.7 Å². The summed E-state index contributed by atoms with van der Waals surface area (Å²) in [5, 5.41) is 11.7. The average molecular weight is 308 g/mol. The van der Waals surface area contributed by atoms with E-state index in [0.717, 1.165) is 41.4 Å². The first-order valence-corrected chi connectivity index (χ1v) is 8.25.